The van der Waals surface area contributed by atoms with Gasteiger partial charge in [-0.2, -0.15) is 0 Å². The van der Waals surface area contributed by atoms with Crippen LogP contribution < -0.4 is 0 Å². The monoisotopic (exact) mass is 269 g/mol. The molecule has 2 rings (SSSR count). The summed E-state index contributed by atoms with van der Waals surface area (Å²) in [5.74, 6) is -0.0343. The lowest BCUT2D eigenvalue weighted by atomic mass is 10.0. The molecular weight excluding hydrogens is 254 g/mol. The van der Waals surface area contributed by atoms with Crippen molar-refractivity contribution in [3.8, 4) is 0 Å². The van der Waals surface area contributed by atoms with Gasteiger partial charge in [0.05, 0.1) is 18.2 Å². The van der Waals surface area contributed by atoms with Crippen LogP contribution in [-0.2, 0) is 0 Å². The van der Waals surface area contributed by atoms with E-state index in [0.717, 1.165) is 0 Å². The summed E-state index contributed by atoms with van der Waals surface area (Å²) in [6.45, 7) is 2.42. The number of Topliss-reactive ketones (excluding diaryl/α,β-unsaturated/α-hetero) is 1. The molecule has 18 heavy (non-hydrogen) atoms. The van der Waals surface area contributed by atoms with Crippen LogP contribution in [0, 0.1) is 0 Å². The Morgan fingerprint density at radius 1 is 1.28 bits per heavy atom. The van der Waals surface area contributed by atoms with Crippen LogP contribution in [0.3, 0.4) is 0 Å². The molecule has 1 aliphatic heterocycles. The number of carbonyl (C=O) groups is 1. The number of carbonyl (C=O) groups excluding carboxylic acids is 1. The second-order valence-corrected chi connectivity index (χ2v) is 5.07. The molecule has 1 aliphatic rings. The first kappa shape index (κ1) is 13.5. The minimum atomic E-state index is -0.773. The van der Waals surface area contributed by atoms with Gasteiger partial charge in [-0.15, -0.1) is 0 Å². The maximum Gasteiger partial charge on any atom is 0.179 e. The predicted octanol–water partition coefficient (Wildman–Crippen LogP) is 0.949. The fraction of sp³-hybridized carbons (Fsp3) is 0.462. The predicted molar refractivity (Wildman–Crippen MR) is 68.8 cm³/mol. The Morgan fingerprint density at radius 2 is 1.78 bits per heavy atom. The van der Waals surface area contributed by atoms with Crippen molar-refractivity contribution in [3.63, 3.8) is 0 Å². The van der Waals surface area contributed by atoms with E-state index in [9.17, 15) is 15.0 Å². The second kappa shape index (κ2) is 5.36. The number of aliphatic hydroxyl groups is 2. The van der Waals surface area contributed by atoms with Crippen molar-refractivity contribution < 1.29 is 15.0 Å². The SMILES string of the molecule is CC(C(=O)c1ccc(Cl)cc1)N1CC(O)C(O)C1. The van der Waals surface area contributed by atoms with Gasteiger partial charge in [0.25, 0.3) is 0 Å². The molecule has 1 aromatic carbocycles. The van der Waals surface area contributed by atoms with Crippen LogP contribution in [0.5, 0.6) is 0 Å². The molecule has 4 nitrogen and oxygen atoms in total. The van der Waals surface area contributed by atoms with Gasteiger partial charge >= 0.3 is 0 Å². The van der Waals surface area contributed by atoms with Gasteiger partial charge < -0.3 is 10.2 Å². The molecule has 2 N–H and O–H groups in total. The quantitative estimate of drug-likeness (QED) is 0.802. The normalized spacial score (nSPS) is 26.2. The zero-order valence-electron chi connectivity index (χ0n) is 10.1. The van der Waals surface area contributed by atoms with Gasteiger partial charge in [0.1, 0.15) is 0 Å². The Bertz CT molecular complexity index is 424. The van der Waals surface area contributed by atoms with Crippen LogP contribution in [0.2, 0.25) is 5.02 Å². The van der Waals surface area contributed by atoms with Crippen molar-refractivity contribution in [1.29, 1.82) is 0 Å². The van der Waals surface area contributed by atoms with E-state index >= 15 is 0 Å². The highest BCUT2D eigenvalue weighted by Crippen LogP contribution is 2.18. The summed E-state index contributed by atoms with van der Waals surface area (Å²) < 4.78 is 0. The highest BCUT2D eigenvalue weighted by Gasteiger charge is 2.34. The molecule has 0 saturated carbocycles. The molecule has 1 aromatic rings. The minimum absolute atomic E-state index is 0.0343. The third kappa shape index (κ3) is 2.72. The summed E-state index contributed by atoms with van der Waals surface area (Å²) in [4.78, 5) is 14.0. The molecule has 1 fully saturated rings. The van der Waals surface area contributed by atoms with Crippen LogP contribution in [0.4, 0.5) is 0 Å². The van der Waals surface area contributed by atoms with Crippen LogP contribution >= 0.6 is 11.6 Å². The van der Waals surface area contributed by atoms with Crippen molar-refractivity contribution in [2.45, 2.75) is 25.2 Å². The summed E-state index contributed by atoms with van der Waals surface area (Å²) in [6.07, 6.45) is -1.55. The Morgan fingerprint density at radius 3 is 2.28 bits per heavy atom. The van der Waals surface area contributed by atoms with E-state index in [1.165, 1.54) is 0 Å². The van der Waals surface area contributed by atoms with Crippen molar-refractivity contribution in [1.82, 2.24) is 4.90 Å². The van der Waals surface area contributed by atoms with Crippen molar-refractivity contribution in [3.05, 3.63) is 34.9 Å². The number of aliphatic hydroxyl groups excluding tert-OH is 2. The molecule has 0 spiro atoms. The molecule has 0 aliphatic carbocycles. The molecule has 0 radical (unpaired) electrons. The van der Waals surface area contributed by atoms with E-state index in [1.807, 2.05) is 0 Å². The highest BCUT2D eigenvalue weighted by atomic mass is 35.5. The molecule has 1 saturated heterocycles. The van der Waals surface area contributed by atoms with Crippen molar-refractivity contribution in [2.24, 2.45) is 0 Å². The zero-order valence-corrected chi connectivity index (χ0v) is 10.8. The molecule has 0 bridgehead atoms. The molecule has 3 unspecified atom stereocenters. The number of benzene rings is 1. The molecule has 0 amide bonds. The first-order chi connectivity index (χ1) is 8.49. The van der Waals surface area contributed by atoms with E-state index in [2.05, 4.69) is 0 Å². The summed E-state index contributed by atoms with van der Waals surface area (Å²) >= 11 is 5.77. The standard InChI is InChI=1S/C13H16ClNO3/c1-8(15-6-11(16)12(17)7-15)13(18)9-2-4-10(14)5-3-9/h2-5,8,11-12,16-17H,6-7H2,1H3. The van der Waals surface area contributed by atoms with Gasteiger partial charge in [-0.3, -0.25) is 9.69 Å². The number of rotatable bonds is 3. The number of β-amino-alcohol motifs (C(OH)–C–C–N with tert-alkyl or cyclic N) is 2. The summed E-state index contributed by atoms with van der Waals surface area (Å²) in [7, 11) is 0. The van der Waals surface area contributed by atoms with Crippen LogP contribution in [0.25, 0.3) is 0 Å². The molecule has 98 valence electrons. The summed E-state index contributed by atoms with van der Waals surface area (Å²) in [5, 5.41) is 19.6. The van der Waals surface area contributed by atoms with Crippen LogP contribution in [0.15, 0.2) is 24.3 Å². The Kier molecular flexibility index (Phi) is 4.02. The van der Waals surface area contributed by atoms with E-state index in [4.69, 9.17) is 11.6 Å². The Labute approximate surface area is 111 Å². The Hall–Kier alpha value is -0.940. The van der Waals surface area contributed by atoms with E-state index in [1.54, 1.807) is 36.1 Å². The Balaban J connectivity index is 2.07. The van der Waals surface area contributed by atoms with Crippen LogP contribution in [-0.4, -0.2) is 52.2 Å². The van der Waals surface area contributed by atoms with Crippen LogP contribution in [0.1, 0.15) is 17.3 Å². The highest BCUT2D eigenvalue weighted by molar-refractivity contribution is 6.30. The van der Waals surface area contributed by atoms with E-state index in [0.29, 0.717) is 23.7 Å². The average Bonchev–Trinajstić information content (AvgIpc) is 2.69. The number of halogens is 1. The summed E-state index contributed by atoms with van der Waals surface area (Å²) in [5.41, 5.74) is 0.586. The third-order valence-corrected chi connectivity index (χ3v) is 3.60. The molecule has 0 aromatic heterocycles. The van der Waals surface area contributed by atoms with Crippen molar-refractivity contribution >= 4 is 17.4 Å². The largest absolute Gasteiger partial charge is 0.389 e. The fourth-order valence-electron chi connectivity index (χ4n) is 2.14. The first-order valence-corrected chi connectivity index (χ1v) is 6.27. The molecular formula is C13H16ClNO3. The third-order valence-electron chi connectivity index (χ3n) is 3.34. The smallest absolute Gasteiger partial charge is 0.179 e. The van der Waals surface area contributed by atoms with Gasteiger partial charge in [0, 0.05) is 23.7 Å². The average molecular weight is 270 g/mol. The lowest BCUT2D eigenvalue weighted by Crippen LogP contribution is -2.38. The van der Waals surface area contributed by atoms with Gasteiger partial charge in [0.15, 0.2) is 5.78 Å². The number of hydrogen-bond acceptors (Lipinski definition) is 4. The number of nitrogens with zero attached hydrogens (tertiary/aromatic N) is 1. The minimum Gasteiger partial charge on any atom is -0.389 e. The molecule has 1 heterocycles. The van der Waals surface area contributed by atoms with Crippen molar-refractivity contribution in [2.75, 3.05) is 13.1 Å². The maximum absolute atomic E-state index is 12.2. The maximum atomic E-state index is 12.2. The lowest BCUT2D eigenvalue weighted by molar-refractivity contribution is 0.0572. The summed E-state index contributed by atoms with van der Waals surface area (Å²) in [6, 6.07) is 6.36. The van der Waals surface area contributed by atoms with Gasteiger partial charge in [-0.1, -0.05) is 11.6 Å². The zero-order chi connectivity index (χ0) is 13.3. The van der Waals surface area contributed by atoms with Gasteiger partial charge in [0.2, 0.25) is 0 Å². The first-order valence-electron chi connectivity index (χ1n) is 5.89. The fourth-order valence-corrected chi connectivity index (χ4v) is 2.26. The van der Waals surface area contributed by atoms with E-state index < -0.39 is 12.2 Å². The molecule has 3 atom stereocenters. The second-order valence-electron chi connectivity index (χ2n) is 4.64. The topological polar surface area (TPSA) is 60.8 Å². The number of likely N-dealkylation sites (tertiary alicyclic amines) is 1. The van der Waals surface area contributed by atoms with Gasteiger partial charge in [-0.25, -0.2) is 0 Å². The molecule has 5 heteroatoms. The number of ketones is 1. The van der Waals surface area contributed by atoms with E-state index in [-0.39, 0.29) is 11.8 Å². The lowest BCUT2D eigenvalue weighted by Gasteiger charge is -2.22. The van der Waals surface area contributed by atoms with Gasteiger partial charge in [-0.05, 0) is 31.2 Å². The number of hydrogen-bond donors (Lipinski definition) is 2.